The Kier molecular flexibility index (Phi) is 6.44. The average molecular weight is 475 g/mol. The molecule has 4 unspecified atom stereocenters. The van der Waals surface area contributed by atoms with Gasteiger partial charge in [0.25, 0.3) is 11.8 Å². The SMILES string of the molecule is CCC(C1CC1C)N1C(=O)c2c(O)c(=O)c(C(=O)NCc3ccc(F)cc3F)cn2CC1OC. The fourth-order valence-corrected chi connectivity index (χ4v) is 4.77. The Balaban J connectivity index is 1.63. The molecule has 1 saturated carbocycles. The molecule has 4 rings (SSSR count). The van der Waals surface area contributed by atoms with Crippen molar-refractivity contribution < 1.29 is 28.2 Å². The number of aromatic nitrogens is 1. The molecule has 0 spiro atoms. The third kappa shape index (κ3) is 4.18. The molecule has 0 bridgehead atoms. The molecule has 1 aliphatic carbocycles. The highest BCUT2D eigenvalue weighted by molar-refractivity contribution is 5.99. The average Bonchev–Trinajstić information content (AvgIpc) is 3.52. The standard InChI is InChI=1S/C24H27F2N3O5/c1-4-18(15-7-12(15)2)29-19(34-3)11-28-10-16(21(30)22(31)20(28)24(29)33)23(32)27-9-13-5-6-14(25)8-17(13)26/h5-6,8,10,12,15,18-19,31H,4,7,9,11H2,1-3H3,(H,27,32). The number of benzene rings is 1. The molecule has 1 aromatic carbocycles. The van der Waals surface area contributed by atoms with Crippen molar-refractivity contribution in [2.75, 3.05) is 7.11 Å². The lowest BCUT2D eigenvalue weighted by Gasteiger charge is -2.41. The van der Waals surface area contributed by atoms with E-state index in [-0.39, 0.29) is 30.4 Å². The summed E-state index contributed by atoms with van der Waals surface area (Å²) in [6.07, 6.45) is 2.26. The van der Waals surface area contributed by atoms with Gasteiger partial charge in [0.15, 0.2) is 17.7 Å². The van der Waals surface area contributed by atoms with E-state index in [9.17, 15) is 28.3 Å². The molecule has 1 fully saturated rings. The Bertz CT molecular complexity index is 1200. The number of carbonyl (C=O) groups is 2. The van der Waals surface area contributed by atoms with Gasteiger partial charge in [0.05, 0.1) is 6.54 Å². The lowest BCUT2D eigenvalue weighted by molar-refractivity contribution is -0.0617. The number of halogens is 2. The van der Waals surface area contributed by atoms with Crippen molar-refractivity contribution in [1.82, 2.24) is 14.8 Å². The predicted octanol–water partition coefficient (Wildman–Crippen LogP) is 2.63. The van der Waals surface area contributed by atoms with Crippen LogP contribution in [0.4, 0.5) is 8.78 Å². The van der Waals surface area contributed by atoms with E-state index < -0.39 is 46.4 Å². The van der Waals surface area contributed by atoms with Gasteiger partial charge in [-0.25, -0.2) is 8.78 Å². The highest BCUT2D eigenvalue weighted by atomic mass is 19.1. The van der Waals surface area contributed by atoms with Crippen molar-refractivity contribution in [3.8, 4) is 5.75 Å². The molecule has 34 heavy (non-hydrogen) atoms. The van der Waals surface area contributed by atoms with Crippen LogP contribution in [0.1, 0.15) is 53.1 Å². The number of nitrogens with zero attached hydrogens (tertiary/aromatic N) is 2. The van der Waals surface area contributed by atoms with E-state index in [2.05, 4.69) is 12.2 Å². The van der Waals surface area contributed by atoms with Gasteiger partial charge < -0.3 is 24.6 Å². The summed E-state index contributed by atoms with van der Waals surface area (Å²) in [7, 11) is 1.48. The molecule has 2 heterocycles. The van der Waals surface area contributed by atoms with E-state index in [1.54, 1.807) is 4.90 Å². The zero-order valence-electron chi connectivity index (χ0n) is 19.2. The Morgan fingerprint density at radius 3 is 2.62 bits per heavy atom. The summed E-state index contributed by atoms with van der Waals surface area (Å²) >= 11 is 0. The van der Waals surface area contributed by atoms with Crippen LogP contribution in [-0.4, -0.2) is 45.8 Å². The van der Waals surface area contributed by atoms with Crippen LogP contribution in [0.5, 0.6) is 5.75 Å². The number of methoxy groups -OCH3 is 1. The van der Waals surface area contributed by atoms with Gasteiger partial charge in [0.1, 0.15) is 17.2 Å². The van der Waals surface area contributed by atoms with Crippen LogP contribution < -0.4 is 10.7 Å². The second-order valence-electron chi connectivity index (χ2n) is 8.90. The Hall–Kier alpha value is -3.27. The van der Waals surface area contributed by atoms with Crippen molar-refractivity contribution in [1.29, 1.82) is 0 Å². The van der Waals surface area contributed by atoms with Crippen LogP contribution in [0.15, 0.2) is 29.2 Å². The summed E-state index contributed by atoms with van der Waals surface area (Å²) in [5, 5.41) is 13.0. The summed E-state index contributed by atoms with van der Waals surface area (Å²) < 4.78 is 33.9. The Morgan fingerprint density at radius 2 is 2.03 bits per heavy atom. The second-order valence-corrected chi connectivity index (χ2v) is 8.90. The van der Waals surface area contributed by atoms with Crippen LogP contribution in [0.2, 0.25) is 0 Å². The molecule has 4 atom stereocenters. The molecule has 1 aromatic heterocycles. The van der Waals surface area contributed by atoms with Crippen LogP contribution >= 0.6 is 0 Å². The maximum Gasteiger partial charge on any atom is 0.276 e. The minimum Gasteiger partial charge on any atom is -0.503 e. The molecule has 2 amide bonds. The number of carbonyl (C=O) groups excluding carboxylic acids is 2. The smallest absolute Gasteiger partial charge is 0.276 e. The molecule has 2 aromatic rings. The van der Waals surface area contributed by atoms with Crippen molar-refractivity contribution in [3.05, 3.63) is 63.1 Å². The molecule has 1 aliphatic heterocycles. The number of pyridine rings is 1. The summed E-state index contributed by atoms with van der Waals surface area (Å²) in [5.74, 6) is -2.99. The summed E-state index contributed by atoms with van der Waals surface area (Å²) in [6, 6.07) is 2.83. The fraction of sp³-hybridized carbons (Fsp3) is 0.458. The van der Waals surface area contributed by atoms with E-state index in [1.165, 1.54) is 23.9 Å². The number of aromatic hydroxyl groups is 1. The summed E-state index contributed by atoms with van der Waals surface area (Å²) in [5.41, 5.74) is -1.56. The lowest BCUT2D eigenvalue weighted by atomic mass is 10.0. The van der Waals surface area contributed by atoms with E-state index in [0.717, 1.165) is 12.5 Å². The van der Waals surface area contributed by atoms with Gasteiger partial charge in [0, 0.05) is 37.5 Å². The van der Waals surface area contributed by atoms with E-state index in [1.807, 2.05) is 6.92 Å². The molecule has 8 nitrogen and oxygen atoms in total. The van der Waals surface area contributed by atoms with Gasteiger partial charge in [-0.1, -0.05) is 19.9 Å². The van der Waals surface area contributed by atoms with Gasteiger partial charge in [-0.3, -0.25) is 14.4 Å². The first-order chi connectivity index (χ1) is 16.2. The molecule has 2 aliphatic rings. The first-order valence-corrected chi connectivity index (χ1v) is 11.2. The van der Waals surface area contributed by atoms with Crippen LogP contribution in [0, 0.1) is 23.5 Å². The zero-order valence-corrected chi connectivity index (χ0v) is 19.2. The quantitative estimate of drug-likeness (QED) is 0.641. The molecule has 182 valence electrons. The topological polar surface area (TPSA) is 101 Å². The van der Waals surface area contributed by atoms with E-state index in [0.29, 0.717) is 24.3 Å². The van der Waals surface area contributed by atoms with E-state index in [4.69, 9.17) is 4.74 Å². The molecular weight excluding hydrogens is 448 g/mol. The number of hydrogen-bond donors (Lipinski definition) is 2. The summed E-state index contributed by atoms with van der Waals surface area (Å²) in [4.78, 5) is 40.5. The number of rotatable bonds is 7. The molecule has 2 N–H and O–H groups in total. The Labute approximate surface area is 195 Å². The third-order valence-corrected chi connectivity index (χ3v) is 6.77. The van der Waals surface area contributed by atoms with Crippen LogP contribution in [-0.2, 0) is 17.8 Å². The number of fused-ring (bicyclic) bond motifs is 1. The largest absolute Gasteiger partial charge is 0.503 e. The molecule has 0 radical (unpaired) electrons. The van der Waals surface area contributed by atoms with Gasteiger partial charge in [0.2, 0.25) is 5.43 Å². The predicted molar refractivity (Wildman–Crippen MR) is 118 cm³/mol. The fourth-order valence-electron chi connectivity index (χ4n) is 4.77. The maximum atomic E-state index is 13.9. The number of amides is 2. The first-order valence-electron chi connectivity index (χ1n) is 11.2. The summed E-state index contributed by atoms with van der Waals surface area (Å²) in [6.45, 7) is 3.92. The van der Waals surface area contributed by atoms with Gasteiger partial charge in [-0.15, -0.1) is 0 Å². The minimum atomic E-state index is -1.000. The third-order valence-electron chi connectivity index (χ3n) is 6.77. The van der Waals surface area contributed by atoms with Crippen molar-refractivity contribution >= 4 is 11.8 Å². The number of nitrogens with one attached hydrogen (secondary N) is 1. The normalized spacial score (nSPS) is 22.3. The highest BCUT2D eigenvalue weighted by Gasteiger charge is 2.47. The van der Waals surface area contributed by atoms with Crippen LogP contribution in [0.3, 0.4) is 0 Å². The first kappa shape index (κ1) is 23.9. The molecular formula is C24H27F2N3O5. The minimum absolute atomic E-state index is 0.0298. The highest BCUT2D eigenvalue weighted by Crippen LogP contribution is 2.45. The molecule has 0 saturated heterocycles. The zero-order chi connectivity index (χ0) is 24.7. The Morgan fingerprint density at radius 1 is 1.32 bits per heavy atom. The van der Waals surface area contributed by atoms with Gasteiger partial charge in [-0.05, 0) is 30.7 Å². The number of hydrogen-bond acceptors (Lipinski definition) is 5. The van der Waals surface area contributed by atoms with Crippen molar-refractivity contribution in [2.24, 2.45) is 11.8 Å². The van der Waals surface area contributed by atoms with E-state index >= 15 is 0 Å². The number of ether oxygens (including phenoxy) is 1. The van der Waals surface area contributed by atoms with Crippen LogP contribution in [0.25, 0.3) is 0 Å². The van der Waals surface area contributed by atoms with Crippen molar-refractivity contribution in [3.63, 3.8) is 0 Å². The lowest BCUT2D eigenvalue weighted by Crippen LogP contribution is -2.55. The molecule has 10 heteroatoms. The van der Waals surface area contributed by atoms with Gasteiger partial charge >= 0.3 is 0 Å². The maximum absolute atomic E-state index is 13.9. The van der Waals surface area contributed by atoms with Gasteiger partial charge in [-0.2, -0.15) is 0 Å². The van der Waals surface area contributed by atoms with Crippen molar-refractivity contribution in [2.45, 2.75) is 52.0 Å². The monoisotopic (exact) mass is 475 g/mol. The second kappa shape index (κ2) is 9.17.